The SMILES string of the molecule is O=C(CC(=O)NCc1cccc[nH+]1)NCc1cccc[nH+]1. The number of carbonyl (C=O) groups is 2. The molecule has 0 bridgehead atoms. The fourth-order valence-corrected chi connectivity index (χ4v) is 1.74. The van der Waals surface area contributed by atoms with Gasteiger partial charge in [-0.15, -0.1) is 0 Å². The van der Waals surface area contributed by atoms with Crippen molar-refractivity contribution in [3.63, 3.8) is 0 Å². The molecule has 0 aliphatic heterocycles. The first-order valence-corrected chi connectivity index (χ1v) is 6.68. The molecular weight excluding hydrogens is 268 g/mol. The summed E-state index contributed by atoms with van der Waals surface area (Å²) >= 11 is 0. The molecule has 0 saturated carbocycles. The first-order valence-electron chi connectivity index (χ1n) is 6.68. The fraction of sp³-hybridized carbons (Fsp3) is 0.200. The first kappa shape index (κ1) is 14.6. The van der Waals surface area contributed by atoms with Crippen LogP contribution in [0.1, 0.15) is 17.8 Å². The van der Waals surface area contributed by atoms with E-state index in [9.17, 15) is 9.59 Å². The van der Waals surface area contributed by atoms with Gasteiger partial charge >= 0.3 is 0 Å². The third-order valence-corrected chi connectivity index (χ3v) is 2.82. The van der Waals surface area contributed by atoms with Crippen LogP contribution in [0.15, 0.2) is 48.8 Å². The summed E-state index contributed by atoms with van der Waals surface area (Å²) < 4.78 is 0. The van der Waals surface area contributed by atoms with E-state index >= 15 is 0 Å². The molecule has 0 radical (unpaired) electrons. The Hall–Kier alpha value is -2.76. The maximum Gasteiger partial charge on any atom is 0.229 e. The summed E-state index contributed by atoms with van der Waals surface area (Å²) in [6.45, 7) is 0.749. The van der Waals surface area contributed by atoms with E-state index in [0.717, 1.165) is 11.4 Å². The van der Waals surface area contributed by atoms with E-state index in [1.807, 2.05) is 36.4 Å². The van der Waals surface area contributed by atoms with Gasteiger partial charge in [-0.1, -0.05) is 12.1 Å². The Kier molecular flexibility index (Phi) is 5.40. The highest BCUT2D eigenvalue weighted by atomic mass is 16.2. The Morgan fingerprint density at radius 1 is 0.810 bits per heavy atom. The molecule has 0 aliphatic rings. The third-order valence-electron chi connectivity index (χ3n) is 2.82. The number of rotatable bonds is 6. The summed E-state index contributed by atoms with van der Waals surface area (Å²) in [7, 11) is 0. The Morgan fingerprint density at radius 3 is 1.67 bits per heavy atom. The van der Waals surface area contributed by atoms with Gasteiger partial charge in [-0.3, -0.25) is 9.59 Å². The van der Waals surface area contributed by atoms with Crippen molar-refractivity contribution in [2.24, 2.45) is 0 Å². The minimum atomic E-state index is -0.304. The largest absolute Gasteiger partial charge is 0.345 e. The zero-order chi connectivity index (χ0) is 14.9. The fourth-order valence-electron chi connectivity index (χ4n) is 1.74. The molecule has 2 aromatic heterocycles. The van der Waals surface area contributed by atoms with Gasteiger partial charge in [-0.05, 0) is 0 Å². The Balaban J connectivity index is 1.69. The van der Waals surface area contributed by atoms with Gasteiger partial charge in [-0.2, -0.15) is 0 Å². The average molecular weight is 286 g/mol. The minimum absolute atomic E-state index is 0.181. The lowest BCUT2D eigenvalue weighted by molar-refractivity contribution is -0.391. The molecule has 0 saturated heterocycles. The summed E-state index contributed by atoms with van der Waals surface area (Å²) in [4.78, 5) is 29.3. The van der Waals surface area contributed by atoms with E-state index in [1.165, 1.54) is 0 Å². The van der Waals surface area contributed by atoms with Crippen LogP contribution in [0.4, 0.5) is 0 Å². The van der Waals surface area contributed by atoms with Crippen LogP contribution in [-0.2, 0) is 22.7 Å². The van der Waals surface area contributed by atoms with Crippen molar-refractivity contribution in [2.45, 2.75) is 19.5 Å². The van der Waals surface area contributed by atoms with Crippen molar-refractivity contribution in [2.75, 3.05) is 0 Å². The predicted molar refractivity (Wildman–Crippen MR) is 74.3 cm³/mol. The summed E-state index contributed by atoms with van der Waals surface area (Å²) in [6.07, 6.45) is 3.38. The predicted octanol–water partition coefficient (Wildman–Crippen LogP) is -0.362. The van der Waals surface area contributed by atoms with E-state index in [-0.39, 0.29) is 18.2 Å². The third kappa shape index (κ3) is 5.40. The maximum atomic E-state index is 11.6. The molecule has 0 atom stereocenters. The molecule has 21 heavy (non-hydrogen) atoms. The van der Waals surface area contributed by atoms with E-state index in [0.29, 0.717) is 13.1 Å². The topological polar surface area (TPSA) is 86.5 Å². The minimum Gasteiger partial charge on any atom is -0.345 e. The van der Waals surface area contributed by atoms with E-state index < -0.39 is 0 Å². The quantitative estimate of drug-likeness (QED) is 0.710. The molecule has 0 spiro atoms. The number of amides is 2. The molecular formula is C15H18N4O2+2. The summed E-state index contributed by atoms with van der Waals surface area (Å²) in [5.74, 6) is -0.608. The lowest BCUT2D eigenvalue weighted by Crippen LogP contribution is -2.33. The number of hydrogen-bond acceptors (Lipinski definition) is 2. The monoisotopic (exact) mass is 286 g/mol. The van der Waals surface area contributed by atoms with Crippen LogP contribution in [0.3, 0.4) is 0 Å². The van der Waals surface area contributed by atoms with E-state index in [1.54, 1.807) is 12.4 Å². The highest BCUT2D eigenvalue weighted by Gasteiger charge is 2.11. The maximum absolute atomic E-state index is 11.6. The average Bonchev–Trinajstić information content (AvgIpc) is 2.53. The van der Waals surface area contributed by atoms with Crippen molar-refractivity contribution in [1.29, 1.82) is 0 Å². The van der Waals surface area contributed by atoms with E-state index in [2.05, 4.69) is 20.6 Å². The number of aromatic amines is 2. The molecule has 6 nitrogen and oxygen atoms in total. The molecule has 0 unspecified atom stereocenters. The van der Waals surface area contributed by atoms with Crippen LogP contribution < -0.4 is 20.6 Å². The van der Waals surface area contributed by atoms with Crippen molar-refractivity contribution in [3.8, 4) is 0 Å². The van der Waals surface area contributed by atoms with Crippen molar-refractivity contribution in [3.05, 3.63) is 60.2 Å². The van der Waals surface area contributed by atoms with Crippen molar-refractivity contribution < 1.29 is 19.6 Å². The van der Waals surface area contributed by atoms with Gasteiger partial charge in [0, 0.05) is 24.3 Å². The molecule has 108 valence electrons. The van der Waals surface area contributed by atoms with Crippen LogP contribution >= 0.6 is 0 Å². The molecule has 0 fully saturated rings. The zero-order valence-corrected chi connectivity index (χ0v) is 11.6. The summed E-state index contributed by atoms with van der Waals surface area (Å²) in [5, 5.41) is 5.38. The molecule has 0 aliphatic carbocycles. The highest BCUT2D eigenvalue weighted by molar-refractivity contribution is 5.96. The van der Waals surface area contributed by atoms with Gasteiger partial charge in [0.1, 0.15) is 19.5 Å². The van der Waals surface area contributed by atoms with Gasteiger partial charge in [0.15, 0.2) is 23.8 Å². The van der Waals surface area contributed by atoms with E-state index in [4.69, 9.17) is 0 Å². The van der Waals surface area contributed by atoms with Crippen LogP contribution in [0.2, 0.25) is 0 Å². The van der Waals surface area contributed by atoms with Gasteiger partial charge in [-0.25, -0.2) is 9.97 Å². The number of hydrogen-bond donors (Lipinski definition) is 2. The second-order valence-corrected chi connectivity index (χ2v) is 4.51. The van der Waals surface area contributed by atoms with Crippen LogP contribution in [0, 0.1) is 0 Å². The highest BCUT2D eigenvalue weighted by Crippen LogP contribution is 1.91. The molecule has 6 heteroatoms. The standard InChI is InChI=1S/C15H16N4O2/c20-14(18-10-12-5-1-3-7-16-12)9-15(21)19-11-13-6-2-4-8-17-13/h1-8H,9-11H2,(H,18,20)(H,19,21)/p+2. The lowest BCUT2D eigenvalue weighted by Gasteiger charge is -2.03. The smallest absolute Gasteiger partial charge is 0.229 e. The number of carbonyl (C=O) groups excluding carboxylic acids is 2. The van der Waals surface area contributed by atoms with Gasteiger partial charge < -0.3 is 10.6 Å². The van der Waals surface area contributed by atoms with Gasteiger partial charge in [0.2, 0.25) is 11.8 Å². The van der Waals surface area contributed by atoms with Gasteiger partial charge in [0.25, 0.3) is 0 Å². The molecule has 0 aromatic carbocycles. The van der Waals surface area contributed by atoms with Gasteiger partial charge in [0.05, 0.1) is 0 Å². The number of pyridine rings is 2. The molecule has 2 rings (SSSR count). The van der Waals surface area contributed by atoms with Crippen molar-refractivity contribution in [1.82, 2.24) is 10.6 Å². The number of aromatic nitrogens is 2. The first-order chi connectivity index (χ1) is 10.2. The molecule has 2 amide bonds. The number of H-pyrrole nitrogens is 2. The summed E-state index contributed by atoms with van der Waals surface area (Å²) in [5.41, 5.74) is 1.76. The Bertz CT molecular complexity index is 534. The molecule has 2 heterocycles. The second kappa shape index (κ2) is 7.74. The Morgan fingerprint density at radius 2 is 1.29 bits per heavy atom. The summed E-state index contributed by atoms with van der Waals surface area (Å²) in [6, 6.07) is 11.2. The zero-order valence-electron chi connectivity index (χ0n) is 11.6. The molecule has 4 N–H and O–H groups in total. The lowest BCUT2D eigenvalue weighted by atomic mass is 10.3. The van der Waals surface area contributed by atoms with Crippen LogP contribution in [0.25, 0.3) is 0 Å². The van der Waals surface area contributed by atoms with Crippen LogP contribution in [-0.4, -0.2) is 11.8 Å². The number of nitrogens with one attached hydrogen (secondary N) is 4. The normalized spacial score (nSPS) is 9.90. The Labute approximate surface area is 122 Å². The molecule has 2 aromatic rings. The van der Waals surface area contributed by atoms with Crippen LogP contribution in [0.5, 0.6) is 0 Å². The van der Waals surface area contributed by atoms with Crippen molar-refractivity contribution >= 4 is 11.8 Å². The second-order valence-electron chi connectivity index (χ2n) is 4.51.